The van der Waals surface area contributed by atoms with Crippen molar-refractivity contribution in [3.8, 4) is 0 Å². The molecule has 2 N–H and O–H groups in total. The van der Waals surface area contributed by atoms with Gasteiger partial charge in [0.2, 0.25) is 11.8 Å². The summed E-state index contributed by atoms with van der Waals surface area (Å²) >= 11 is 0. The Kier molecular flexibility index (Phi) is 3.96. The first-order chi connectivity index (χ1) is 8.59. The Morgan fingerprint density at radius 2 is 2.17 bits per heavy atom. The zero-order valence-corrected chi connectivity index (χ0v) is 10.6. The van der Waals surface area contributed by atoms with Gasteiger partial charge in [-0.1, -0.05) is 0 Å². The zero-order chi connectivity index (χ0) is 13.1. The highest BCUT2D eigenvalue weighted by molar-refractivity contribution is 6.01. The summed E-state index contributed by atoms with van der Waals surface area (Å²) in [5.74, 6) is -0.619. The molecule has 2 aliphatic rings. The second kappa shape index (κ2) is 5.48. The third-order valence-electron chi connectivity index (χ3n) is 3.63. The Balaban J connectivity index is 1.90. The molecule has 6 nitrogen and oxygen atoms in total. The van der Waals surface area contributed by atoms with Crippen LogP contribution in [0.25, 0.3) is 0 Å². The first kappa shape index (κ1) is 13.0. The number of likely N-dealkylation sites (tertiary alicyclic amines) is 1. The third kappa shape index (κ3) is 2.69. The number of carbonyl (C=O) groups is 3. The van der Waals surface area contributed by atoms with E-state index in [9.17, 15) is 14.4 Å². The van der Waals surface area contributed by atoms with Crippen molar-refractivity contribution >= 4 is 17.7 Å². The summed E-state index contributed by atoms with van der Waals surface area (Å²) in [4.78, 5) is 36.2. The minimum atomic E-state index is -0.540. The minimum absolute atomic E-state index is 0.0607. The molecule has 0 aromatic rings. The number of amides is 3. The normalized spacial score (nSPS) is 29.3. The molecule has 2 fully saturated rings. The van der Waals surface area contributed by atoms with Crippen molar-refractivity contribution in [1.29, 1.82) is 0 Å². The summed E-state index contributed by atoms with van der Waals surface area (Å²) < 4.78 is 0. The van der Waals surface area contributed by atoms with E-state index in [0.29, 0.717) is 19.4 Å². The van der Waals surface area contributed by atoms with Crippen molar-refractivity contribution in [2.75, 3.05) is 20.1 Å². The Morgan fingerprint density at radius 3 is 2.83 bits per heavy atom. The number of piperidine rings is 2. The molecule has 2 atom stereocenters. The fraction of sp³-hybridized carbons (Fsp3) is 0.750. The molecule has 0 bridgehead atoms. The van der Waals surface area contributed by atoms with Crippen LogP contribution in [0.2, 0.25) is 0 Å². The Labute approximate surface area is 106 Å². The maximum atomic E-state index is 12.0. The summed E-state index contributed by atoms with van der Waals surface area (Å²) in [5, 5.41) is 5.94. The molecule has 100 valence electrons. The van der Waals surface area contributed by atoms with Crippen LogP contribution < -0.4 is 10.6 Å². The average molecular weight is 253 g/mol. The van der Waals surface area contributed by atoms with Gasteiger partial charge in [-0.05, 0) is 25.8 Å². The molecular weight excluding hydrogens is 234 g/mol. The average Bonchev–Trinajstić information content (AvgIpc) is 2.40. The van der Waals surface area contributed by atoms with Crippen LogP contribution >= 0.6 is 0 Å². The number of hydrogen-bond acceptors (Lipinski definition) is 4. The fourth-order valence-corrected chi connectivity index (χ4v) is 2.41. The van der Waals surface area contributed by atoms with E-state index in [1.54, 1.807) is 0 Å². The molecule has 18 heavy (non-hydrogen) atoms. The lowest BCUT2D eigenvalue weighted by atomic mass is 9.97. The molecule has 6 heteroatoms. The molecular formula is C12H19N3O3. The summed E-state index contributed by atoms with van der Waals surface area (Å²) in [5.41, 5.74) is 0. The Morgan fingerprint density at radius 1 is 1.39 bits per heavy atom. The number of nitrogens with one attached hydrogen (secondary N) is 2. The van der Waals surface area contributed by atoms with Crippen LogP contribution in [0, 0.1) is 5.92 Å². The molecule has 1 unspecified atom stereocenters. The van der Waals surface area contributed by atoms with Gasteiger partial charge in [-0.15, -0.1) is 0 Å². The summed E-state index contributed by atoms with van der Waals surface area (Å²) in [6, 6.07) is -0.540. The third-order valence-corrected chi connectivity index (χ3v) is 3.63. The predicted octanol–water partition coefficient (Wildman–Crippen LogP) is -0.750. The molecule has 0 aromatic heterocycles. The van der Waals surface area contributed by atoms with E-state index in [0.717, 1.165) is 24.3 Å². The summed E-state index contributed by atoms with van der Waals surface area (Å²) in [7, 11) is 1.46. The van der Waals surface area contributed by atoms with E-state index in [1.807, 2.05) is 0 Å². The topological polar surface area (TPSA) is 78.5 Å². The van der Waals surface area contributed by atoms with Gasteiger partial charge in [0.1, 0.15) is 6.04 Å². The molecule has 0 spiro atoms. The highest BCUT2D eigenvalue weighted by Gasteiger charge is 2.34. The van der Waals surface area contributed by atoms with E-state index in [1.165, 1.54) is 7.05 Å². The monoisotopic (exact) mass is 253 g/mol. The fourth-order valence-electron chi connectivity index (χ4n) is 2.41. The number of imide groups is 1. The number of carbonyl (C=O) groups excluding carboxylic acids is 3. The lowest BCUT2D eigenvalue weighted by molar-refractivity contribution is -0.149. The molecule has 2 aliphatic heterocycles. The molecule has 0 radical (unpaired) electrons. The standard InChI is InChI=1S/C12H19N3O3/c1-15-10(16)5-4-9(12(15)18)14-11(17)8-3-2-6-13-7-8/h8-9,13H,2-7H2,1H3,(H,14,17)/t8-,9?/m1/s1. The smallest absolute Gasteiger partial charge is 0.251 e. The number of likely N-dealkylation sites (N-methyl/N-ethyl adjacent to an activating group) is 1. The van der Waals surface area contributed by atoms with Crippen molar-refractivity contribution in [3.63, 3.8) is 0 Å². The van der Waals surface area contributed by atoms with Crippen molar-refractivity contribution in [3.05, 3.63) is 0 Å². The van der Waals surface area contributed by atoms with Crippen LogP contribution in [0.4, 0.5) is 0 Å². The van der Waals surface area contributed by atoms with Gasteiger partial charge < -0.3 is 10.6 Å². The van der Waals surface area contributed by atoms with Crippen molar-refractivity contribution in [2.45, 2.75) is 31.7 Å². The molecule has 3 amide bonds. The number of nitrogens with zero attached hydrogens (tertiary/aromatic N) is 1. The number of hydrogen-bond donors (Lipinski definition) is 2. The van der Waals surface area contributed by atoms with Crippen LogP contribution in [0.5, 0.6) is 0 Å². The highest BCUT2D eigenvalue weighted by Crippen LogP contribution is 2.14. The second-order valence-corrected chi connectivity index (χ2v) is 4.93. The zero-order valence-electron chi connectivity index (χ0n) is 10.6. The lowest BCUT2D eigenvalue weighted by Gasteiger charge is -2.30. The van der Waals surface area contributed by atoms with Gasteiger partial charge in [0.25, 0.3) is 5.91 Å². The van der Waals surface area contributed by atoms with Gasteiger partial charge >= 0.3 is 0 Å². The van der Waals surface area contributed by atoms with Crippen LogP contribution in [0.1, 0.15) is 25.7 Å². The van der Waals surface area contributed by atoms with Gasteiger partial charge in [0.05, 0.1) is 5.92 Å². The van der Waals surface area contributed by atoms with E-state index in [2.05, 4.69) is 10.6 Å². The van der Waals surface area contributed by atoms with Gasteiger partial charge in [0, 0.05) is 20.0 Å². The van der Waals surface area contributed by atoms with Crippen LogP contribution in [-0.2, 0) is 14.4 Å². The second-order valence-electron chi connectivity index (χ2n) is 4.93. The SMILES string of the molecule is CN1C(=O)CCC(NC(=O)[C@@H]2CCCNC2)C1=O. The van der Waals surface area contributed by atoms with Crippen molar-refractivity contribution in [1.82, 2.24) is 15.5 Å². The molecule has 2 rings (SSSR count). The number of rotatable bonds is 2. The van der Waals surface area contributed by atoms with E-state index in [4.69, 9.17) is 0 Å². The molecule has 2 heterocycles. The quantitative estimate of drug-likeness (QED) is 0.635. The predicted molar refractivity (Wildman–Crippen MR) is 64.5 cm³/mol. The largest absolute Gasteiger partial charge is 0.344 e. The lowest BCUT2D eigenvalue weighted by Crippen LogP contribution is -2.54. The Bertz CT molecular complexity index is 364. The molecule has 2 saturated heterocycles. The molecule has 0 aliphatic carbocycles. The van der Waals surface area contributed by atoms with Crippen molar-refractivity contribution in [2.24, 2.45) is 5.92 Å². The van der Waals surface area contributed by atoms with E-state index in [-0.39, 0.29) is 23.6 Å². The van der Waals surface area contributed by atoms with Crippen LogP contribution in [0.3, 0.4) is 0 Å². The van der Waals surface area contributed by atoms with E-state index < -0.39 is 6.04 Å². The van der Waals surface area contributed by atoms with Crippen molar-refractivity contribution < 1.29 is 14.4 Å². The molecule has 0 saturated carbocycles. The Hall–Kier alpha value is -1.43. The van der Waals surface area contributed by atoms with Gasteiger partial charge in [-0.2, -0.15) is 0 Å². The first-order valence-electron chi connectivity index (χ1n) is 6.41. The summed E-state index contributed by atoms with van der Waals surface area (Å²) in [6.45, 7) is 1.62. The van der Waals surface area contributed by atoms with Crippen LogP contribution in [0.15, 0.2) is 0 Å². The van der Waals surface area contributed by atoms with E-state index >= 15 is 0 Å². The first-order valence-corrected chi connectivity index (χ1v) is 6.41. The minimum Gasteiger partial charge on any atom is -0.344 e. The molecule has 0 aromatic carbocycles. The van der Waals surface area contributed by atoms with Gasteiger partial charge in [0.15, 0.2) is 0 Å². The van der Waals surface area contributed by atoms with Gasteiger partial charge in [-0.3, -0.25) is 19.3 Å². The maximum absolute atomic E-state index is 12.0. The van der Waals surface area contributed by atoms with Crippen LogP contribution in [-0.4, -0.2) is 48.8 Å². The highest BCUT2D eigenvalue weighted by atomic mass is 16.2. The maximum Gasteiger partial charge on any atom is 0.251 e. The van der Waals surface area contributed by atoms with Gasteiger partial charge in [-0.25, -0.2) is 0 Å². The summed E-state index contributed by atoms with van der Waals surface area (Å²) in [6.07, 6.45) is 2.56.